The van der Waals surface area contributed by atoms with Gasteiger partial charge in [0.25, 0.3) is 5.91 Å². The van der Waals surface area contributed by atoms with Crippen molar-refractivity contribution in [1.82, 2.24) is 0 Å². The number of methoxy groups -OCH3 is 2. The van der Waals surface area contributed by atoms with Crippen molar-refractivity contribution < 1.29 is 14.3 Å². The van der Waals surface area contributed by atoms with E-state index in [0.717, 1.165) is 11.6 Å². The average Bonchev–Trinajstić information content (AvgIpc) is 3.51. The summed E-state index contributed by atoms with van der Waals surface area (Å²) in [5, 5.41) is 6.87. The van der Waals surface area contributed by atoms with Gasteiger partial charge in [-0.1, -0.05) is 30.3 Å². The molecular weight excluding hydrogens is 424 g/mol. The van der Waals surface area contributed by atoms with Gasteiger partial charge >= 0.3 is 0 Å². The molecule has 1 aliphatic heterocycles. The number of carbonyl (C=O) groups excluding carboxylic acids is 1. The van der Waals surface area contributed by atoms with Crippen LogP contribution in [0.3, 0.4) is 0 Å². The lowest BCUT2D eigenvalue weighted by Gasteiger charge is -2.43. The van der Waals surface area contributed by atoms with Gasteiger partial charge in [-0.15, -0.1) is 0 Å². The Morgan fingerprint density at radius 3 is 2.56 bits per heavy atom. The van der Waals surface area contributed by atoms with Gasteiger partial charge in [0.05, 0.1) is 25.9 Å². The van der Waals surface area contributed by atoms with Crippen LogP contribution in [0, 0.1) is 17.8 Å². The van der Waals surface area contributed by atoms with Crippen molar-refractivity contribution >= 4 is 17.3 Å². The third kappa shape index (κ3) is 3.42. The molecule has 34 heavy (non-hydrogen) atoms. The van der Waals surface area contributed by atoms with Crippen LogP contribution in [0.5, 0.6) is 11.5 Å². The molecule has 0 spiro atoms. The van der Waals surface area contributed by atoms with Gasteiger partial charge in [-0.25, -0.2) is 0 Å². The first kappa shape index (κ1) is 21.1. The van der Waals surface area contributed by atoms with E-state index in [1.807, 2.05) is 12.1 Å². The summed E-state index contributed by atoms with van der Waals surface area (Å²) in [6.07, 6.45) is 3.92. The van der Waals surface area contributed by atoms with Crippen molar-refractivity contribution in [3.63, 3.8) is 0 Å². The number of amides is 1. The summed E-state index contributed by atoms with van der Waals surface area (Å²) in [5.41, 5.74) is 5.10. The highest BCUT2D eigenvalue weighted by Crippen LogP contribution is 2.63. The predicted octanol–water partition coefficient (Wildman–Crippen LogP) is 6.25. The van der Waals surface area contributed by atoms with Crippen LogP contribution in [-0.4, -0.2) is 20.1 Å². The topological polar surface area (TPSA) is 59.6 Å². The molecule has 2 N–H and O–H groups in total. The molecule has 3 aliphatic rings. The summed E-state index contributed by atoms with van der Waals surface area (Å²) in [6.45, 7) is 0. The van der Waals surface area contributed by atoms with Crippen molar-refractivity contribution in [2.24, 2.45) is 17.8 Å². The van der Waals surface area contributed by atoms with E-state index in [1.165, 1.54) is 30.4 Å². The van der Waals surface area contributed by atoms with Crippen molar-refractivity contribution in [3.05, 3.63) is 83.4 Å². The van der Waals surface area contributed by atoms with Crippen LogP contribution in [0.4, 0.5) is 11.4 Å². The first-order valence-corrected chi connectivity index (χ1v) is 12.1. The Morgan fingerprint density at radius 2 is 1.76 bits per heavy atom. The predicted molar refractivity (Wildman–Crippen MR) is 134 cm³/mol. The van der Waals surface area contributed by atoms with Crippen LogP contribution in [-0.2, 0) is 0 Å². The molecule has 6 rings (SSSR count). The lowest BCUT2D eigenvalue weighted by atomic mass is 9.68. The zero-order chi connectivity index (χ0) is 23.2. The Balaban J connectivity index is 1.33. The van der Waals surface area contributed by atoms with Gasteiger partial charge in [0, 0.05) is 17.3 Å². The lowest BCUT2D eigenvalue weighted by Crippen LogP contribution is -2.35. The fourth-order valence-electron chi connectivity index (χ4n) is 6.72. The van der Waals surface area contributed by atoms with Crippen molar-refractivity contribution in [1.29, 1.82) is 0 Å². The highest BCUT2D eigenvalue weighted by atomic mass is 16.5. The summed E-state index contributed by atoms with van der Waals surface area (Å²) in [6, 6.07) is 22.7. The van der Waals surface area contributed by atoms with E-state index < -0.39 is 0 Å². The summed E-state index contributed by atoms with van der Waals surface area (Å²) in [7, 11) is 3.21. The van der Waals surface area contributed by atoms with E-state index in [4.69, 9.17) is 9.47 Å². The fraction of sp³-hybridized carbons (Fsp3) is 0.345. The monoisotopic (exact) mass is 454 g/mol. The van der Waals surface area contributed by atoms with Crippen LogP contribution in [0.2, 0.25) is 0 Å². The van der Waals surface area contributed by atoms with Gasteiger partial charge in [-0.05, 0) is 84.4 Å². The summed E-state index contributed by atoms with van der Waals surface area (Å²) >= 11 is 0. The Morgan fingerprint density at radius 1 is 0.941 bits per heavy atom. The molecule has 5 heteroatoms. The number of ether oxygens (including phenoxy) is 2. The van der Waals surface area contributed by atoms with Gasteiger partial charge in [0.2, 0.25) is 0 Å². The molecule has 174 valence electrons. The number of hydrogen-bond acceptors (Lipinski definition) is 4. The van der Waals surface area contributed by atoms with Gasteiger partial charge in [0.1, 0.15) is 11.5 Å². The second-order valence-corrected chi connectivity index (χ2v) is 9.79. The average molecular weight is 455 g/mol. The Labute approximate surface area is 200 Å². The molecule has 5 atom stereocenters. The van der Waals surface area contributed by atoms with Crippen molar-refractivity contribution in [3.8, 4) is 11.5 Å². The van der Waals surface area contributed by atoms with E-state index in [0.29, 0.717) is 46.5 Å². The molecule has 1 amide bonds. The summed E-state index contributed by atoms with van der Waals surface area (Å²) in [5.74, 6) is 3.66. The SMILES string of the molecule is COc1ccc(OC)c(NC(=O)c2ccc3c(c2)[C@@H]2[C@H]4CC[C@@H](C4)[C@@H]2[C@H](c2ccccc2)N3)c1. The fourth-order valence-corrected chi connectivity index (χ4v) is 6.72. The second kappa shape index (κ2) is 8.39. The number of benzene rings is 3. The van der Waals surface area contributed by atoms with Crippen LogP contribution < -0.4 is 20.1 Å². The molecule has 2 saturated carbocycles. The molecule has 0 saturated heterocycles. The minimum absolute atomic E-state index is 0.140. The van der Waals surface area contributed by atoms with E-state index in [1.54, 1.807) is 26.4 Å². The van der Waals surface area contributed by atoms with Crippen LogP contribution in [0.15, 0.2) is 66.7 Å². The Bertz CT molecular complexity index is 1230. The Hall–Kier alpha value is -3.47. The molecule has 2 bridgehead atoms. The van der Waals surface area contributed by atoms with Crippen LogP contribution in [0.1, 0.15) is 52.7 Å². The maximum Gasteiger partial charge on any atom is 0.255 e. The largest absolute Gasteiger partial charge is 0.497 e. The minimum atomic E-state index is -0.140. The van der Waals surface area contributed by atoms with Crippen molar-refractivity contribution in [2.75, 3.05) is 24.9 Å². The Kier molecular flexibility index (Phi) is 5.20. The highest BCUT2D eigenvalue weighted by Gasteiger charge is 2.53. The molecular formula is C29H30N2O3. The first-order valence-electron chi connectivity index (χ1n) is 12.1. The van der Waals surface area contributed by atoms with E-state index >= 15 is 0 Å². The molecule has 3 aromatic carbocycles. The van der Waals surface area contributed by atoms with E-state index in [2.05, 4.69) is 53.1 Å². The zero-order valence-electron chi connectivity index (χ0n) is 19.6. The highest BCUT2D eigenvalue weighted by molar-refractivity contribution is 6.05. The summed E-state index contributed by atoms with van der Waals surface area (Å²) < 4.78 is 10.8. The third-order valence-corrected chi connectivity index (χ3v) is 8.16. The van der Waals surface area contributed by atoms with Gasteiger partial charge in [0.15, 0.2) is 0 Å². The third-order valence-electron chi connectivity index (χ3n) is 8.16. The maximum atomic E-state index is 13.3. The normalized spacial score (nSPS) is 26.2. The molecule has 2 aliphatic carbocycles. The number of carbonyl (C=O) groups is 1. The molecule has 5 nitrogen and oxygen atoms in total. The zero-order valence-corrected chi connectivity index (χ0v) is 19.6. The smallest absolute Gasteiger partial charge is 0.255 e. The van der Waals surface area contributed by atoms with Gasteiger partial charge in [-0.2, -0.15) is 0 Å². The molecule has 2 fully saturated rings. The van der Waals surface area contributed by atoms with Crippen LogP contribution in [0.25, 0.3) is 0 Å². The number of fused-ring (bicyclic) bond motifs is 7. The number of rotatable bonds is 5. The number of hydrogen-bond donors (Lipinski definition) is 2. The molecule has 0 radical (unpaired) electrons. The molecule has 0 unspecified atom stereocenters. The minimum Gasteiger partial charge on any atom is -0.497 e. The lowest BCUT2D eigenvalue weighted by molar-refractivity contribution is 0.102. The standard InChI is InChI=1S/C29H30N2O3/c1-33-21-11-13-25(34-2)24(16-21)31-29(32)20-10-12-23-22(15-20)26-18-8-9-19(14-18)27(26)28(30-23)17-6-4-3-5-7-17/h3-7,10-13,15-16,18-19,26-28,30H,8-9,14H2,1-2H3,(H,31,32)/t18-,19-,26-,27-,28-/m0/s1. The van der Waals surface area contributed by atoms with E-state index in [9.17, 15) is 4.79 Å². The molecule has 0 aromatic heterocycles. The quantitative estimate of drug-likeness (QED) is 0.478. The molecule has 3 aromatic rings. The van der Waals surface area contributed by atoms with Crippen molar-refractivity contribution in [2.45, 2.75) is 31.2 Å². The van der Waals surface area contributed by atoms with E-state index in [-0.39, 0.29) is 5.91 Å². The first-order chi connectivity index (χ1) is 16.7. The number of nitrogens with one attached hydrogen (secondary N) is 2. The number of anilines is 2. The van der Waals surface area contributed by atoms with Gasteiger partial charge < -0.3 is 20.1 Å². The maximum absolute atomic E-state index is 13.3. The summed E-state index contributed by atoms with van der Waals surface area (Å²) in [4.78, 5) is 13.3. The van der Waals surface area contributed by atoms with Crippen LogP contribution >= 0.6 is 0 Å². The molecule has 1 heterocycles. The van der Waals surface area contributed by atoms with Gasteiger partial charge in [-0.3, -0.25) is 4.79 Å². The second-order valence-electron chi connectivity index (χ2n) is 9.79.